The number of carbonyl (C=O) groups is 1. The molecule has 0 bridgehead atoms. The first kappa shape index (κ1) is 13.2. The quantitative estimate of drug-likeness (QED) is 0.582. The predicted molar refractivity (Wildman–Crippen MR) is 72.0 cm³/mol. The van der Waals surface area contributed by atoms with Crippen molar-refractivity contribution < 1.29 is 4.79 Å². The van der Waals surface area contributed by atoms with E-state index in [1.165, 1.54) is 0 Å². The van der Waals surface area contributed by atoms with Gasteiger partial charge in [-0.15, -0.1) is 0 Å². The third-order valence-corrected chi connectivity index (χ3v) is 3.92. The first-order valence-corrected chi connectivity index (χ1v) is 6.21. The SMILES string of the molecule is C=C(CC)CC(=O)c1cc(C)c(Br)c(C)c1. The molecule has 0 aliphatic heterocycles. The van der Waals surface area contributed by atoms with Gasteiger partial charge in [0.05, 0.1) is 0 Å². The van der Waals surface area contributed by atoms with Crippen LogP contribution in [0.25, 0.3) is 0 Å². The van der Waals surface area contributed by atoms with Crippen molar-refractivity contribution in [2.24, 2.45) is 0 Å². The van der Waals surface area contributed by atoms with E-state index in [9.17, 15) is 4.79 Å². The number of hydrogen-bond donors (Lipinski definition) is 0. The van der Waals surface area contributed by atoms with Crippen molar-refractivity contribution in [3.8, 4) is 0 Å². The van der Waals surface area contributed by atoms with Gasteiger partial charge in [0, 0.05) is 16.5 Å². The minimum atomic E-state index is 0.158. The Bertz CT molecular complexity index is 409. The summed E-state index contributed by atoms with van der Waals surface area (Å²) in [5.41, 5.74) is 3.98. The number of allylic oxidation sites excluding steroid dienone is 1. The molecule has 0 amide bonds. The third kappa shape index (κ3) is 3.05. The highest BCUT2D eigenvalue weighted by Gasteiger charge is 2.10. The lowest BCUT2D eigenvalue weighted by molar-refractivity contribution is 0.0992. The Hall–Kier alpha value is -0.890. The van der Waals surface area contributed by atoms with E-state index in [4.69, 9.17) is 0 Å². The van der Waals surface area contributed by atoms with Crippen molar-refractivity contribution in [1.29, 1.82) is 0 Å². The fourth-order valence-electron chi connectivity index (χ4n) is 1.56. The van der Waals surface area contributed by atoms with E-state index in [-0.39, 0.29) is 5.78 Å². The molecule has 86 valence electrons. The smallest absolute Gasteiger partial charge is 0.166 e. The van der Waals surface area contributed by atoms with Crippen LogP contribution in [0.3, 0.4) is 0 Å². The molecule has 0 heterocycles. The lowest BCUT2D eigenvalue weighted by Crippen LogP contribution is -2.01. The summed E-state index contributed by atoms with van der Waals surface area (Å²) in [6.07, 6.45) is 1.32. The summed E-state index contributed by atoms with van der Waals surface area (Å²) in [6, 6.07) is 3.87. The van der Waals surface area contributed by atoms with Gasteiger partial charge in [0.1, 0.15) is 0 Å². The Kier molecular flexibility index (Phi) is 4.48. The van der Waals surface area contributed by atoms with Gasteiger partial charge < -0.3 is 0 Å². The van der Waals surface area contributed by atoms with Gasteiger partial charge in [0.25, 0.3) is 0 Å². The minimum absolute atomic E-state index is 0.158. The number of carbonyl (C=O) groups excluding carboxylic acids is 1. The second-order valence-corrected chi connectivity index (χ2v) is 4.92. The van der Waals surface area contributed by atoms with Crippen LogP contribution in [-0.2, 0) is 0 Å². The van der Waals surface area contributed by atoms with Crippen LogP contribution in [0.4, 0.5) is 0 Å². The molecule has 0 unspecified atom stereocenters. The topological polar surface area (TPSA) is 17.1 Å². The second-order valence-electron chi connectivity index (χ2n) is 4.13. The van der Waals surface area contributed by atoms with E-state index in [0.717, 1.165) is 33.2 Å². The number of halogens is 1. The highest BCUT2D eigenvalue weighted by atomic mass is 79.9. The van der Waals surface area contributed by atoms with Crippen LogP contribution in [0.1, 0.15) is 41.3 Å². The van der Waals surface area contributed by atoms with E-state index in [1.807, 2.05) is 32.9 Å². The Morgan fingerprint density at radius 3 is 2.25 bits per heavy atom. The Morgan fingerprint density at radius 2 is 1.81 bits per heavy atom. The van der Waals surface area contributed by atoms with Gasteiger partial charge >= 0.3 is 0 Å². The fraction of sp³-hybridized carbons (Fsp3) is 0.357. The van der Waals surface area contributed by atoms with Gasteiger partial charge in [-0.1, -0.05) is 35.0 Å². The van der Waals surface area contributed by atoms with Crippen LogP contribution >= 0.6 is 15.9 Å². The summed E-state index contributed by atoms with van der Waals surface area (Å²) in [7, 11) is 0. The molecule has 0 N–H and O–H groups in total. The summed E-state index contributed by atoms with van der Waals surface area (Å²) in [5.74, 6) is 0.158. The van der Waals surface area contributed by atoms with E-state index in [2.05, 4.69) is 22.5 Å². The lowest BCUT2D eigenvalue weighted by Gasteiger charge is -2.07. The monoisotopic (exact) mass is 280 g/mol. The molecule has 2 heteroatoms. The van der Waals surface area contributed by atoms with Crippen molar-refractivity contribution in [2.75, 3.05) is 0 Å². The summed E-state index contributed by atoms with van der Waals surface area (Å²) < 4.78 is 1.08. The van der Waals surface area contributed by atoms with Gasteiger partial charge in [-0.05, 0) is 43.5 Å². The van der Waals surface area contributed by atoms with Gasteiger partial charge in [0.15, 0.2) is 5.78 Å². The number of hydrogen-bond acceptors (Lipinski definition) is 1. The number of benzene rings is 1. The normalized spacial score (nSPS) is 10.2. The summed E-state index contributed by atoms with van der Waals surface area (Å²) >= 11 is 3.50. The molecule has 1 rings (SSSR count). The zero-order chi connectivity index (χ0) is 12.3. The van der Waals surface area contributed by atoms with Gasteiger partial charge in [-0.25, -0.2) is 0 Å². The molecule has 1 aromatic carbocycles. The number of rotatable bonds is 4. The molecule has 0 saturated carbocycles. The van der Waals surface area contributed by atoms with Crippen molar-refractivity contribution >= 4 is 21.7 Å². The Labute approximate surface area is 106 Å². The second kappa shape index (κ2) is 5.44. The van der Waals surface area contributed by atoms with Crippen LogP contribution in [0.5, 0.6) is 0 Å². The van der Waals surface area contributed by atoms with Gasteiger partial charge in [0.2, 0.25) is 0 Å². The maximum Gasteiger partial charge on any atom is 0.166 e. The maximum atomic E-state index is 12.0. The van der Waals surface area contributed by atoms with Crippen LogP contribution in [0.15, 0.2) is 28.8 Å². The largest absolute Gasteiger partial charge is 0.294 e. The highest BCUT2D eigenvalue weighted by Crippen LogP contribution is 2.23. The Balaban J connectivity index is 2.97. The Morgan fingerprint density at radius 1 is 1.31 bits per heavy atom. The molecule has 0 aliphatic carbocycles. The number of Topliss-reactive ketones (excluding diaryl/α,β-unsaturated/α-hetero) is 1. The molecule has 0 spiro atoms. The minimum Gasteiger partial charge on any atom is -0.294 e. The fourth-order valence-corrected chi connectivity index (χ4v) is 1.79. The van der Waals surface area contributed by atoms with E-state index < -0.39 is 0 Å². The van der Waals surface area contributed by atoms with Crippen LogP contribution in [0, 0.1) is 13.8 Å². The molecule has 16 heavy (non-hydrogen) atoms. The van der Waals surface area contributed by atoms with Crippen molar-refractivity contribution in [2.45, 2.75) is 33.6 Å². The molecule has 0 aliphatic rings. The molecule has 0 radical (unpaired) electrons. The van der Waals surface area contributed by atoms with E-state index in [0.29, 0.717) is 6.42 Å². The van der Waals surface area contributed by atoms with Crippen molar-refractivity contribution in [1.82, 2.24) is 0 Å². The van der Waals surface area contributed by atoms with Crippen molar-refractivity contribution in [3.05, 3.63) is 45.4 Å². The summed E-state index contributed by atoms with van der Waals surface area (Å²) in [5, 5.41) is 0. The highest BCUT2D eigenvalue weighted by molar-refractivity contribution is 9.10. The average Bonchev–Trinajstić information content (AvgIpc) is 2.24. The molecule has 0 atom stereocenters. The first-order chi connectivity index (χ1) is 7.45. The average molecular weight is 281 g/mol. The number of ketones is 1. The summed E-state index contributed by atoms with van der Waals surface area (Å²) in [6.45, 7) is 9.90. The summed E-state index contributed by atoms with van der Waals surface area (Å²) in [4.78, 5) is 12.0. The zero-order valence-corrected chi connectivity index (χ0v) is 11.6. The van der Waals surface area contributed by atoms with Gasteiger partial charge in [-0.3, -0.25) is 4.79 Å². The standard InChI is InChI=1S/C14H17BrO/c1-5-9(2)6-13(16)12-7-10(3)14(15)11(4)8-12/h7-8H,2,5-6H2,1,3-4H3. The molecule has 1 nitrogen and oxygen atoms in total. The first-order valence-electron chi connectivity index (χ1n) is 5.42. The van der Waals surface area contributed by atoms with E-state index in [1.54, 1.807) is 0 Å². The van der Waals surface area contributed by atoms with Crippen molar-refractivity contribution in [3.63, 3.8) is 0 Å². The zero-order valence-electron chi connectivity index (χ0n) is 10.1. The number of aryl methyl sites for hydroxylation is 2. The maximum absolute atomic E-state index is 12.0. The van der Waals surface area contributed by atoms with Crippen LogP contribution < -0.4 is 0 Å². The lowest BCUT2D eigenvalue weighted by atomic mass is 9.99. The molecule has 0 aromatic heterocycles. The van der Waals surface area contributed by atoms with Crippen LogP contribution in [0.2, 0.25) is 0 Å². The molecule has 0 saturated heterocycles. The molecular weight excluding hydrogens is 264 g/mol. The molecular formula is C14H17BrO. The molecule has 1 aromatic rings. The third-order valence-electron chi connectivity index (χ3n) is 2.67. The van der Waals surface area contributed by atoms with E-state index >= 15 is 0 Å². The predicted octanol–water partition coefficient (Wildman–Crippen LogP) is 4.60. The van der Waals surface area contributed by atoms with Gasteiger partial charge in [-0.2, -0.15) is 0 Å². The van der Waals surface area contributed by atoms with Crippen LogP contribution in [-0.4, -0.2) is 5.78 Å². The molecule has 0 fully saturated rings.